The zero-order valence-corrected chi connectivity index (χ0v) is 17.7. The van der Waals surface area contributed by atoms with Gasteiger partial charge < -0.3 is 25.6 Å². The van der Waals surface area contributed by atoms with E-state index in [0.29, 0.717) is 12.6 Å². The zero-order chi connectivity index (χ0) is 21.7. The van der Waals surface area contributed by atoms with Gasteiger partial charge in [-0.15, -0.1) is 0 Å². The van der Waals surface area contributed by atoms with Crippen molar-refractivity contribution in [3.63, 3.8) is 0 Å². The third-order valence-electron chi connectivity index (χ3n) is 4.27. The summed E-state index contributed by atoms with van der Waals surface area (Å²) in [5.41, 5.74) is 5.45. The third-order valence-corrected chi connectivity index (χ3v) is 5.20. The first-order valence-corrected chi connectivity index (χ1v) is 10.2. The molecule has 1 aliphatic rings. The minimum Gasteiger partial charge on any atom is -0.477 e. The first kappa shape index (κ1) is 21.6. The van der Waals surface area contributed by atoms with E-state index >= 15 is 0 Å². The van der Waals surface area contributed by atoms with E-state index in [1.54, 1.807) is 0 Å². The summed E-state index contributed by atoms with van der Waals surface area (Å²) < 4.78 is 5.63. The number of aromatic nitrogens is 4. The topological polar surface area (TPSA) is 142 Å². The molecule has 2 aromatic heterocycles. The van der Waals surface area contributed by atoms with Gasteiger partial charge in [0.2, 0.25) is 17.7 Å². The molecular formula is C18H24N8O3S. The van der Waals surface area contributed by atoms with Crippen LogP contribution in [0, 0.1) is 0 Å². The Morgan fingerprint density at radius 2 is 2.10 bits per heavy atom. The number of piperazine rings is 1. The number of carbonyl (C=O) groups excluding carboxylic acids is 1. The number of nitrogen functional groups attached to an aromatic ring is 1. The second kappa shape index (κ2) is 9.59. The second-order valence-electron chi connectivity index (χ2n) is 6.50. The molecule has 0 saturated carbocycles. The first-order valence-electron chi connectivity index (χ1n) is 9.36. The van der Waals surface area contributed by atoms with Crippen molar-refractivity contribution in [3.8, 4) is 5.88 Å². The number of aromatic amines is 1. The molecule has 1 amide bonds. The highest BCUT2D eigenvalue weighted by Crippen LogP contribution is 2.31. The van der Waals surface area contributed by atoms with Crippen molar-refractivity contribution in [2.24, 2.45) is 0 Å². The molecule has 2 aromatic rings. The van der Waals surface area contributed by atoms with E-state index in [1.807, 2.05) is 11.8 Å². The Balaban J connectivity index is 1.91. The molecule has 3 heterocycles. The van der Waals surface area contributed by atoms with E-state index in [-0.39, 0.29) is 33.1 Å². The Morgan fingerprint density at radius 1 is 1.37 bits per heavy atom. The van der Waals surface area contributed by atoms with Crippen LogP contribution in [-0.2, 0) is 4.79 Å². The molecule has 12 heteroatoms. The Hall–Kier alpha value is -3.12. The summed E-state index contributed by atoms with van der Waals surface area (Å²) in [5.74, 6) is 0.570. The predicted molar refractivity (Wildman–Crippen MR) is 115 cm³/mol. The normalized spacial score (nSPS) is 14.4. The molecule has 11 nitrogen and oxygen atoms in total. The van der Waals surface area contributed by atoms with Crippen LogP contribution in [0.15, 0.2) is 33.6 Å². The lowest BCUT2D eigenvalue weighted by atomic mass is 10.3. The van der Waals surface area contributed by atoms with Crippen molar-refractivity contribution in [3.05, 3.63) is 29.1 Å². The van der Waals surface area contributed by atoms with E-state index in [2.05, 4.69) is 43.8 Å². The average molecular weight is 433 g/mol. The van der Waals surface area contributed by atoms with Crippen LogP contribution in [0.3, 0.4) is 0 Å². The van der Waals surface area contributed by atoms with Crippen molar-refractivity contribution in [1.82, 2.24) is 24.8 Å². The molecule has 0 aromatic carbocycles. The maximum Gasteiger partial charge on any atom is 0.270 e. The Morgan fingerprint density at radius 3 is 2.77 bits per heavy atom. The maximum absolute atomic E-state index is 12.8. The van der Waals surface area contributed by atoms with Crippen molar-refractivity contribution >= 4 is 35.3 Å². The summed E-state index contributed by atoms with van der Waals surface area (Å²) in [6, 6.07) is 1.41. The SMILES string of the molecule is C=CC(=O)Nc1cc(N)nc(Sc2c(OCC)nc(N3CCN(C)CC3)[nH]c2=O)n1. The number of amides is 1. The monoisotopic (exact) mass is 432 g/mol. The van der Waals surface area contributed by atoms with Crippen LogP contribution >= 0.6 is 11.8 Å². The van der Waals surface area contributed by atoms with Crippen molar-refractivity contribution in [2.45, 2.75) is 17.0 Å². The van der Waals surface area contributed by atoms with Crippen LogP contribution in [0.25, 0.3) is 0 Å². The van der Waals surface area contributed by atoms with Crippen LogP contribution in [-0.4, -0.2) is 70.6 Å². The number of nitrogens with zero attached hydrogens (tertiary/aromatic N) is 5. The second-order valence-corrected chi connectivity index (χ2v) is 7.48. The van der Waals surface area contributed by atoms with Crippen LogP contribution in [0.5, 0.6) is 5.88 Å². The summed E-state index contributed by atoms with van der Waals surface area (Å²) in [6.07, 6.45) is 1.12. The van der Waals surface area contributed by atoms with Gasteiger partial charge in [-0.3, -0.25) is 14.6 Å². The van der Waals surface area contributed by atoms with Gasteiger partial charge >= 0.3 is 0 Å². The molecule has 0 spiro atoms. The minimum atomic E-state index is -0.435. The van der Waals surface area contributed by atoms with Crippen LogP contribution in [0.2, 0.25) is 0 Å². The highest BCUT2D eigenvalue weighted by Gasteiger charge is 2.21. The average Bonchev–Trinajstić information content (AvgIpc) is 2.70. The number of hydrogen-bond donors (Lipinski definition) is 3. The number of hydrogen-bond acceptors (Lipinski definition) is 10. The number of rotatable bonds is 7. The molecule has 0 aliphatic carbocycles. The zero-order valence-electron chi connectivity index (χ0n) is 16.8. The van der Waals surface area contributed by atoms with Crippen molar-refractivity contribution in [1.29, 1.82) is 0 Å². The molecule has 1 saturated heterocycles. The fourth-order valence-corrected chi connectivity index (χ4v) is 3.56. The van der Waals surface area contributed by atoms with Crippen LogP contribution < -0.4 is 26.2 Å². The Kier molecular flexibility index (Phi) is 6.90. The molecule has 3 rings (SSSR count). The van der Waals surface area contributed by atoms with Crippen LogP contribution in [0.4, 0.5) is 17.6 Å². The van der Waals surface area contributed by atoms with Gasteiger partial charge in [0.15, 0.2) is 5.16 Å². The van der Waals surface area contributed by atoms with Crippen molar-refractivity contribution < 1.29 is 9.53 Å². The van der Waals surface area contributed by atoms with E-state index in [1.165, 1.54) is 6.07 Å². The number of ether oxygens (including phenoxy) is 1. The fourth-order valence-electron chi connectivity index (χ4n) is 2.74. The number of carbonyl (C=O) groups is 1. The quantitative estimate of drug-likeness (QED) is 0.420. The molecule has 160 valence electrons. The van der Waals surface area contributed by atoms with E-state index < -0.39 is 5.91 Å². The van der Waals surface area contributed by atoms with E-state index in [4.69, 9.17) is 10.5 Å². The van der Waals surface area contributed by atoms with Gasteiger partial charge in [0.1, 0.15) is 16.5 Å². The smallest absolute Gasteiger partial charge is 0.270 e. The lowest BCUT2D eigenvalue weighted by molar-refractivity contribution is -0.111. The van der Waals surface area contributed by atoms with Gasteiger partial charge in [0.25, 0.3) is 5.56 Å². The fraction of sp³-hybridized carbons (Fsp3) is 0.389. The molecule has 0 bridgehead atoms. The highest BCUT2D eigenvalue weighted by molar-refractivity contribution is 7.99. The van der Waals surface area contributed by atoms with Gasteiger partial charge in [-0.2, -0.15) is 4.98 Å². The third kappa shape index (κ3) is 5.27. The predicted octanol–water partition coefficient (Wildman–Crippen LogP) is 0.568. The highest BCUT2D eigenvalue weighted by atomic mass is 32.2. The summed E-state index contributed by atoms with van der Waals surface area (Å²) in [7, 11) is 2.05. The summed E-state index contributed by atoms with van der Waals surface area (Å²) in [5, 5.41) is 2.70. The molecule has 30 heavy (non-hydrogen) atoms. The van der Waals surface area contributed by atoms with E-state index in [0.717, 1.165) is 44.0 Å². The maximum atomic E-state index is 12.8. The number of anilines is 3. The first-order chi connectivity index (χ1) is 14.4. The van der Waals surface area contributed by atoms with Crippen LogP contribution in [0.1, 0.15) is 6.92 Å². The number of nitrogens with one attached hydrogen (secondary N) is 2. The molecular weight excluding hydrogens is 408 g/mol. The van der Waals surface area contributed by atoms with E-state index in [9.17, 15) is 9.59 Å². The molecule has 0 atom stereocenters. The molecule has 0 radical (unpaired) electrons. The lowest BCUT2D eigenvalue weighted by Gasteiger charge is -2.32. The van der Waals surface area contributed by atoms with Gasteiger partial charge in [-0.25, -0.2) is 9.97 Å². The standard InChI is InChI=1S/C18H24N8O3S/c1-4-13(27)21-12-10-11(19)20-18(22-12)30-14-15(28)23-17(24-16(14)29-5-2)26-8-6-25(3)7-9-26/h4,10H,1,5-9H2,2-3H3,(H,23,24,28)(H3,19,20,21,22,27). The number of H-pyrrole nitrogens is 1. The largest absolute Gasteiger partial charge is 0.477 e. The van der Waals surface area contributed by atoms with Gasteiger partial charge in [0.05, 0.1) is 6.61 Å². The molecule has 4 N–H and O–H groups in total. The Bertz CT molecular complexity index is 988. The minimum absolute atomic E-state index is 0.142. The van der Waals surface area contributed by atoms with Crippen molar-refractivity contribution in [2.75, 3.05) is 55.8 Å². The number of likely N-dealkylation sites (N-methyl/N-ethyl adjacent to an activating group) is 1. The molecule has 1 aliphatic heterocycles. The van der Waals surface area contributed by atoms with Gasteiger partial charge in [-0.05, 0) is 31.8 Å². The summed E-state index contributed by atoms with van der Waals surface area (Å²) in [6.45, 7) is 8.80. The molecule has 1 fully saturated rings. The summed E-state index contributed by atoms with van der Waals surface area (Å²) >= 11 is 0.962. The lowest BCUT2D eigenvalue weighted by Crippen LogP contribution is -2.45. The van der Waals surface area contributed by atoms with Gasteiger partial charge in [0, 0.05) is 32.2 Å². The molecule has 0 unspecified atom stereocenters. The summed E-state index contributed by atoms with van der Waals surface area (Å²) in [4.78, 5) is 44.5. The van der Waals surface area contributed by atoms with Gasteiger partial charge in [-0.1, -0.05) is 6.58 Å². The Labute approximate surface area is 177 Å². The number of nitrogens with two attached hydrogens (primary N) is 1.